The first kappa shape index (κ1) is 18.2. The molecule has 0 aliphatic heterocycles. The van der Waals surface area contributed by atoms with Crippen LogP contribution in [0.3, 0.4) is 0 Å². The van der Waals surface area contributed by atoms with Crippen molar-refractivity contribution in [2.45, 2.75) is 19.8 Å². The third-order valence-corrected chi connectivity index (χ3v) is 6.13. The SMILES string of the molecule is Cc1cc(=O)[nH]c(-c2cccc(NS(=O)(=O)C3=Cc4ccccc4CC3)c2)n1. The minimum Gasteiger partial charge on any atom is -0.307 e. The molecule has 0 unspecified atom stereocenters. The molecule has 1 aliphatic carbocycles. The van der Waals surface area contributed by atoms with E-state index in [1.165, 1.54) is 6.07 Å². The number of nitrogens with one attached hydrogen (secondary N) is 2. The van der Waals surface area contributed by atoms with Gasteiger partial charge in [-0.15, -0.1) is 0 Å². The summed E-state index contributed by atoms with van der Waals surface area (Å²) >= 11 is 0. The normalized spacial score (nSPS) is 13.5. The van der Waals surface area contributed by atoms with Crippen molar-refractivity contribution in [3.63, 3.8) is 0 Å². The Kier molecular flexibility index (Phi) is 4.60. The highest BCUT2D eigenvalue weighted by Crippen LogP contribution is 2.28. The zero-order chi connectivity index (χ0) is 19.7. The summed E-state index contributed by atoms with van der Waals surface area (Å²) in [5, 5.41) is 0. The minimum atomic E-state index is -3.68. The summed E-state index contributed by atoms with van der Waals surface area (Å²) in [5.74, 6) is 0.400. The van der Waals surface area contributed by atoms with Crippen molar-refractivity contribution in [3.8, 4) is 11.4 Å². The van der Waals surface area contributed by atoms with Gasteiger partial charge < -0.3 is 4.98 Å². The number of nitrogens with zero attached hydrogens (tertiary/aromatic N) is 1. The average Bonchev–Trinajstić information content (AvgIpc) is 2.67. The highest BCUT2D eigenvalue weighted by molar-refractivity contribution is 7.96. The van der Waals surface area contributed by atoms with Gasteiger partial charge in [0.25, 0.3) is 15.6 Å². The molecular formula is C21H19N3O3S. The maximum absolute atomic E-state index is 12.9. The van der Waals surface area contributed by atoms with E-state index in [1.807, 2.05) is 24.3 Å². The van der Waals surface area contributed by atoms with Crippen LogP contribution in [-0.4, -0.2) is 18.4 Å². The van der Waals surface area contributed by atoms with Gasteiger partial charge in [-0.2, -0.15) is 0 Å². The van der Waals surface area contributed by atoms with Crippen molar-refractivity contribution in [1.29, 1.82) is 0 Å². The number of aryl methyl sites for hydroxylation is 2. The average molecular weight is 393 g/mol. The number of rotatable bonds is 4. The van der Waals surface area contributed by atoms with Crippen LogP contribution < -0.4 is 10.3 Å². The van der Waals surface area contributed by atoms with Gasteiger partial charge in [0.1, 0.15) is 5.82 Å². The van der Waals surface area contributed by atoms with Gasteiger partial charge >= 0.3 is 0 Å². The molecule has 0 radical (unpaired) electrons. The second kappa shape index (κ2) is 7.09. The number of H-pyrrole nitrogens is 1. The lowest BCUT2D eigenvalue weighted by Crippen LogP contribution is -2.17. The lowest BCUT2D eigenvalue weighted by molar-refractivity contribution is 0.605. The largest absolute Gasteiger partial charge is 0.307 e. The van der Waals surface area contributed by atoms with Crippen LogP contribution in [0.5, 0.6) is 0 Å². The van der Waals surface area contributed by atoms with Gasteiger partial charge in [0.05, 0.1) is 4.91 Å². The van der Waals surface area contributed by atoms with E-state index in [2.05, 4.69) is 14.7 Å². The number of allylic oxidation sites excluding steroid dienone is 1. The number of benzene rings is 2. The van der Waals surface area contributed by atoms with E-state index in [0.717, 1.165) is 11.1 Å². The summed E-state index contributed by atoms with van der Waals surface area (Å²) in [7, 11) is -3.68. The highest BCUT2D eigenvalue weighted by Gasteiger charge is 2.22. The van der Waals surface area contributed by atoms with E-state index in [-0.39, 0.29) is 5.56 Å². The molecule has 0 fully saturated rings. The molecule has 4 rings (SSSR count). The quantitative estimate of drug-likeness (QED) is 0.710. The van der Waals surface area contributed by atoms with Crippen LogP contribution in [0, 0.1) is 6.92 Å². The molecule has 1 aliphatic rings. The Morgan fingerprint density at radius 3 is 2.68 bits per heavy atom. The van der Waals surface area contributed by atoms with Crippen molar-refractivity contribution in [2.24, 2.45) is 0 Å². The fraction of sp³-hybridized carbons (Fsp3) is 0.143. The lowest BCUT2D eigenvalue weighted by atomic mass is 9.98. The van der Waals surface area contributed by atoms with Crippen LogP contribution in [0.25, 0.3) is 17.5 Å². The molecule has 3 aromatic rings. The third-order valence-electron chi connectivity index (χ3n) is 4.62. The van der Waals surface area contributed by atoms with Crippen molar-refractivity contribution < 1.29 is 8.42 Å². The third kappa shape index (κ3) is 3.75. The Bertz CT molecular complexity index is 1240. The van der Waals surface area contributed by atoms with E-state index in [0.29, 0.717) is 40.5 Å². The number of aromatic amines is 1. The zero-order valence-electron chi connectivity index (χ0n) is 15.3. The smallest absolute Gasteiger partial charge is 0.258 e. The van der Waals surface area contributed by atoms with Gasteiger partial charge in [0.15, 0.2) is 0 Å². The molecule has 0 saturated carbocycles. The van der Waals surface area contributed by atoms with Crippen LogP contribution >= 0.6 is 0 Å². The van der Waals surface area contributed by atoms with E-state index in [4.69, 9.17) is 0 Å². The summed E-state index contributed by atoms with van der Waals surface area (Å²) in [4.78, 5) is 19.0. The number of anilines is 1. The van der Waals surface area contributed by atoms with Crippen LogP contribution in [0.1, 0.15) is 23.2 Å². The van der Waals surface area contributed by atoms with Crippen molar-refractivity contribution in [1.82, 2.24) is 9.97 Å². The van der Waals surface area contributed by atoms with E-state index in [9.17, 15) is 13.2 Å². The Labute approximate surface area is 163 Å². The van der Waals surface area contributed by atoms with Crippen LogP contribution in [-0.2, 0) is 16.4 Å². The molecule has 142 valence electrons. The maximum atomic E-state index is 12.9. The fourth-order valence-corrected chi connectivity index (χ4v) is 4.51. The monoisotopic (exact) mass is 393 g/mol. The molecule has 6 nitrogen and oxygen atoms in total. The summed E-state index contributed by atoms with van der Waals surface area (Å²) in [5.41, 5.74) is 3.47. The first-order chi connectivity index (χ1) is 13.4. The number of fused-ring (bicyclic) bond motifs is 1. The van der Waals surface area contributed by atoms with Gasteiger partial charge in [-0.3, -0.25) is 9.52 Å². The van der Waals surface area contributed by atoms with Crippen LogP contribution in [0.15, 0.2) is 64.3 Å². The minimum absolute atomic E-state index is 0.250. The molecule has 7 heteroatoms. The molecule has 0 saturated heterocycles. The number of hydrogen-bond acceptors (Lipinski definition) is 4. The lowest BCUT2D eigenvalue weighted by Gasteiger charge is -2.17. The zero-order valence-corrected chi connectivity index (χ0v) is 16.1. The molecule has 28 heavy (non-hydrogen) atoms. The summed E-state index contributed by atoms with van der Waals surface area (Å²) in [6.45, 7) is 1.73. The second-order valence-electron chi connectivity index (χ2n) is 6.73. The molecule has 1 aromatic heterocycles. The first-order valence-corrected chi connectivity index (χ1v) is 10.4. The van der Waals surface area contributed by atoms with E-state index >= 15 is 0 Å². The molecule has 2 aromatic carbocycles. The Hall–Kier alpha value is -3.19. The number of aromatic nitrogens is 2. The van der Waals surface area contributed by atoms with Crippen molar-refractivity contribution in [2.75, 3.05) is 4.72 Å². The molecule has 0 amide bonds. The van der Waals surface area contributed by atoms with Gasteiger partial charge in [0, 0.05) is 23.0 Å². The summed E-state index contributed by atoms with van der Waals surface area (Å²) in [6, 6.07) is 16.0. The van der Waals surface area contributed by atoms with Crippen LogP contribution in [0.4, 0.5) is 5.69 Å². The first-order valence-electron chi connectivity index (χ1n) is 8.90. The molecule has 1 heterocycles. The standard InChI is InChI=1S/C21H19N3O3S/c1-14-11-20(25)23-21(22-14)17-7-4-8-18(12-17)24-28(26,27)19-10-9-15-5-2-3-6-16(15)13-19/h2-8,11-13,24H,9-10H2,1H3,(H,22,23,25). The molecular weight excluding hydrogens is 374 g/mol. The molecule has 2 N–H and O–H groups in total. The number of hydrogen-bond donors (Lipinski definition) is 2. The Balaban J connectivity index is 1.64. The van der Waals surface area contributed by atoms with Gasteiger partial charge in [-0.05, 0) is 49.1 Å². The van der Waals surface area contributed by atoms with E-state index < -0.39 is 10.0 Å². The summed E-state index contributed by atoms with van der Waals surface area (Å²) in [6.07, 6.45) is 2.88. The molecule has 0 spiro atoms. The molecule has 0 atom stereocenters. The van der Waals surface area contributed by atoms with Gasteiger partial charge in [0.2, 0.25) is 0 Å². The van der Waals surface area contributed by atoms with E-state index in [1.54, 1.807) is 37.3 Å². The van der Waals surface area contributed by atoms with Crippen molar-refractivity contribution in [3.05, 3.63) is 86.7 Å². The van der Waals surface area contributed by atoms with Gasteiger partial charge in [-0.25, -0.2) is 13.4 Å². The number of sulfonamides is 1. The van der Waals surface area contributed by atoms with Gasteiger partial charge in [-0.1, -0.05) is 36.4 Å². The maximum Gasteiger partial charge on any atom is 0.258 e. The topological polar surface area (TPSA) is 91.9 Å². The Morgan fingerprint density at radius 2 is 1.86 bits per heavy atom. The Morgan fingerprint density at radius 1 is 1.04 bits per heavy atom. The molecule has 0 bridgehead atoms. The fourth-order valence-electron chi connectivity index (χ4n) is 3.28. The predicted octanol–water partition coefficient (Wildman–Crippen LogP) is 3.47. The van der Waals surface area contributed by atoms with Crippen molar-refractivity contribution >= 4 is 21.8 Å². The summed E-state index contributed by atoms with van der Waals surface area (Å²) < 4.78 is 28.4. The highest BCUT2D eigenvalue weighted by atomic mass is 32.2. The van der Waals surface area contributed by atoms with Crippen LogP contribution in [0.2, 0.25) is 0 Å². The second-order valence-corrected chi connectivity index (χ2v) is 8.47. The predicted molar refractivity (Wildman–Crippen MR) is 110 cm³/mol.